The molecule has 0 saturated carbocycles. The molecule has 0 spiro atoms. The number of benzene rings is 1. The first-order chi connectivity index (χ1) is 7.54. The molecule has 1 rings (SSSR count). The van der Waals surface area contributed by atoms with Gasteiger partial charge in [-0.05, 0) is 45.0 Å². The molecule has 1 N–H and O–H groups in total. The van der Waals surface area contributed by atoms with E-state index in [0.29, 0.717) is 0 Å². The SMILES string of the molecule is CCNCc1cc(Cl)c(C)cc1OC(C)C. The molecule has 0 heterocycles. The van der Waals surface area contributed by atoms with Crippen LogP contribution in [0.3, 0.4) is 0 Å². The normalized spacial score (nSPS) is 10.9. The van der Waals surface area contributed by atoms with Gasteiger partial charge in [-0.15, -0.1) is 0 Å². The fourth-order valence-corrected chi connectivity index (χ4v) is 1.64. The maximum Gasteiger partial charge on any atom is 0.124 e. The van der Waals surface area contributed by atoms with Crippen LogP contribution in [0.2, 0.25) is 5.02 Å². The van der Waals surface area contributed by atoms with Gasteiger partial charge in [0.2, 0.25) is 0 Å². The van der Waals surface area contributed by atoms with Gasteiger partial charge in [0.25, 0.3) is 0 Å². The van der Waals surface area contributed by atoms with Crippen molar-refractivity contribution in [2.24, 2.45) is 0 Å². The second kappa shape index (κ2) is 6.12. The van der Waals surface area contributed by atoms with E-state index in [0.717, 1.165) is 35.0 Å². The molecule has 0 amide bonds. The van der Waals surface area contributed by atoms with Crippen molar-refractivity contribution in [2.75, 3.05) is 6.54 Å². The van der Waals surface area contributed by atoms with E-state index in [9.17, 15) is 0 Å². The summed E-state index contributed by atoms with van der Waals surface area (Å²) in [5.74, 6) is 0.929. The minimum absolute atomic E-state index is 0.181. The van der Waals surface area contributed by atoms with Gasteiger partial charge in [-0.2, -0.15) is 0 Å². The second-order valence-corrected chi connectivity index (χ2v) is 4.56. The van der Waals surface area contributed by atoms with Gasteiger partial charge in [0.15, 0.2) is 0 Å². The Bertz CT molecular complexity index is 350. The maximum atomic E-state index is 6.12. The van der Waals surface area contributed by atoms with E-state index in [4.69, 9.17) is 16.3 Å². The molecule has 0 unspecified atom stereocenters. The molecule has 0 atom stereocenters. The Morgan fingerprint density at radius 1 is 1.38 bits per heavy atom. The Morgan fingerprint density at radius 2 is 2.06 bits per heavy atom. The van der Waals surface area contributed by atoms with Crippen molar-refractivity contribution < 1.29 is 4.74 Å². The first-order valence-corrected chi connectivity index (χ1v) is 6.08. The van der Waals surface area contributed by atoms with E-state index in [-0.39, 0.29) is 6.10 Å². The Balaban J connectivity index is 2.96. The molecule has 0 radical (unpaired) electrons. The van der Waals surface area contributed by atoms with Crippen LogP contribution in [0.25, 0.3) is 0 Å². The van der Waals surface area contributed by atoms with Crippen LogP contribution < -0.4 is 10.1 Å². The van der Waals surface area contributed by atoms with Gasteiger partial charge in [0, 0.05) is 17.1 Å². The summed E-state index contributed by atoms with van der Waals surface area (Å²) in [6, 6.07) is 3.99. The lowest BCUT2D eigenvalue weighted by molar-refractivity contribution is 0.239. The zero-order valence-electron chi connectivity index (χ0n) is 10.4. The zero-order chi connectivity index (χ0) is 12.1. The quantitative estimate of drug-likeness (QED) is 0.852. The number of rotatable bonds is 5. The third-order valence-electron chi connectivity index (χ3n) is 2.27. The summed E-state index contributed by atoms with van der Waals surface area (Å²) < 4.78 is 5.78. The van der Waals surface area contributed by atoms with E-state index < -0.39 is 0 Å². The maximum absolute atomic E-state index is 6.12. The molecule has 0 aliphatic carbocycles. The summed E-state index contributed by atoms with van der Waals surface area (Å²) in [7, 11) is 0. The highest BCUT2D eigenvalue weighted by molar-refractivity contribution is 6.31. The molecule has 16 heavy (non-hydrogen) atoms. The van der Waals surface area contributed by atoms with Crippen LogP contribution in [0.4, 0.5) is 0 Å². The highest BCUT2D eigenvalue weighted by Crippen LogP contribution is 2.27. The smallest absolute Gasteiger partial charge is 0.124 e. The van der Waals surface area contributed by atoms with Crippen LogP contribution in [0.1, 0.15) is 31.9 Å². The van der Waals surface area contributed by atoms with Crippen molar-refractivity contribution in [3.8, 4) is 5.75 Å². The van der Waals surface area contributed by atoms with Crippen LogP contribution >= 0.6 is 11.6 Å². The third kappa shape index (κ3) is 3.69. The summed E-state index contributed by atoms with van der Waals surface area (Å²) in [4.78, 5) is 0. The minimum atomic E-state index is 0.181. The number of hydrogen-bond acceptors (Lipinski definition) is 2. The molecule has 1 aromatic rings. The average Bonchev–Trinajstić information content (AvgIpc) is 2.20. The van der Waals surface area contributed by atoms with Gasteiger partial charge in [-0.3, -0.25) is 0 Å². The fourth-order valence-electron chi connectivity index (χ4n) is 1.46. The van der Waals surface area contributed by atoms with E-state index >= 15 is 0 Å². The molecule has 90 valence electrons. The molecule has 0 aromatic heterocycles. The van der Waals surface area contributed by atoms with Crippen molar-refractivity contribution in [2.45, 2.75) is 40.3 Å². The van der Waals surface area contributed by atoms with Crippen LogP contribution in [0, 0.1) is 6.92 Å². The van der Waals surface area contributed by atoms with Crippen LogP contribution in [0.5, 0.6) is 5.75 Å². The summed E-state index contributed by atoms with van der Waals surface area (Å²) in [6.45, 7) is 9.86. The first kappa shape index (κ1) is 13.3. The van der Waals surface area contributed by atoms with Crippen molar-refractivity contribution in [3.63, 3.8) is 0 Å². The lowest BCUT2D eigenvalue weighted by Crippen LogP contribution is -2.15. The Kier molecular flexibility index (Phi) is 5.10. The fraction of sp³-hybridized carbons (Fsp3) is 0.538. The molecular weight excluding hydrogens is 222 g/mol. The largest absolute Gasteiger partial charge is 0.491 e. The Morgan fingerprint density at radius 3 is 2.62 bits per heavy atom. The standard InChI is InChI=1S/C13H20ClNO/c1-5-15-8-11-7-12(14)10(4)6-13(11)16-9(2)3/h6-7,9,15H,5,8H2,1-4H3. The second-order valence-electron chi connectivity index (χ2n) is 4.16. The highest BCUT2D eigenvalue weighted by atomic mass is 35.5. The lowest BCUT2D eigenvalue weighted by Gasteiger charge is -2.16. The predicted octanol–water partition coefficient (Wildman–Crippen LogP) is 3.55. The average molecular weight is 242 g/mol. The number of halogens is 1. The van der Waals surface area contributed by atoms with Crippen molar-refractivity contribution in [1.82, 2.24) is 5.32 Å². The molecule has 0 aliphatic heterocycles. The molecule has 0 bridgehead atoms. The molecule has 2 nitrogen and oxygen atoms in total. The monoisotopic (exact) mass is 241 g/mol. The summed E-state index contributed by atoms with van der Waals surface area (Å²) >= 11 is 6.12. The lowest BCUT2D eigenvalue weighted by atomic mass is 10.1. The van der Waals surface area contributed by atoms with Crippen LogP contribution in [-0.2, 0) is 6.54 Å². The van der Waals surface area contributed by atoms with E-state index in [1.807, 2.05) is 32.9 Å². The molecular formula is C13H20ClNO. The third-order valence-corrected chi connectivity index (χ3v) is 2.68. The highest BCUT2D eigenvalue weighted by Gasteiger charge is 2.08. The van der Waals surface area contributed by atoms with Gasteiger partial charge < -0.3 is 10.1 Å². The molecule has 0 aliphatic rings. The molecule has 3 heteroatoms. The topological polar surface area (TPSA) is 21.3 Å². The van der Waals surface area contributed by atoms with Crippen molar-refractivity contribution >= 4 is 11.6 Å². The first-order valence-electron chi connectivity index (χ1n) is 5.71. The van der Waals surface area contributed by atoms with Gasteiger partial charge in [-0.25, -0.2) is 0 Å². The predicted molar refractivity (Wildman–Crippen MR) is 69.3 cm³/mol. The Labute approximate surface area is 103 Å². The van der Waals surface area contributed by atoms with Gasteiger partial charge >= 0.3 is 0 Å². The number of hydrogen-bond donors (Lipinski definition) is 1. The van der Waals surface area contributed by atoms with Crippen LogP contribution in [-0.4, -0.2) is 12.6 Å². The van der Waals surface area contributed by atoms with E-state index in [1.54, 1.807) is 0 Å². The molecule has 0 saturated heterocycles. The molecule has 1 aromatic carbocycles. The van der Waals surface area contributed by atoms with Gasteiger partial charge in [-0.1, -0.05) is 18.5 Å². The van der Waals surface area contributed by atoms with Crippen molar-refractivity contribution in [1.29, 1.82) is 0 Å². The summed E-state index contributed by atoms with van der Waals surface area (Å²) in [6.07, 6.45) is 0.181. The van der Waals surface area contributed by atoms with Crippen LogP contribution in [0.15, 0.2) is 12.1 Å². The summed E-state index contributed by atoms with van der Waals surface area (Å²) in [5.41, 5.74) is 2.17. The molecule has 0 fully saturated rings. The van der Waals surface area contributed by atoms with E-state index in [1.165, 1.54) is 0 Å². The minimum Gasteiger partial charge on any atom is -0.491 e. The van der Waals surface area contributed by atoms with E-state index in [2.05, 4.69) is 12.2 Å². The zero-order valence-corrected chi connectivity index (χ0v) is 11.2. The van der Waals surface area contributed by atoms with Crippen molar-refractivity contribution in [3.05, 3.63) is 28.3 Å². The van der Waals surface area contributed by atoms with Gasteiger partial charge in [0.05, 0.1) is 6.10 Å². The van der Waals surface area contributed by atoms with Gasteiger partial charge in [0.1, 0.15) is 5.75 Å². The number of ether oxygens (including phenoxy) is 1. The summed E-state index contributed by atoms with van der Waals surface area (Å²) in [5, 5.41) is 4.08. The Hall–Kier alpha value is -0.730. The number of aryl methyl sites for hydroxylation is 1. The number of nitrogens with one attached hydrogen (secondary N) is 1.